The average Bonchev–Trinajstić information content (AvgIpc) is 2.49. The Hall–Kier alpha value is -2.49. The number of para-hydroxylation sites is 1. The number of benzene rings is 2. The van der Waals surface area contributed by atoms with Gasteiger partial charge in [0.1, 0.15) is 0 Å². The van der Waals surface area contributed by atoms with Gasteiger partial charge in [-0.2, -0.15) is 0 Å². The van der Waals surface area contributed by atoms with Crippen molar-refractivity contribution < 1.29 is 9.53 Å². The molecule has 2 aromatic rings. The van der Waals surface area contributed by atoms with Gasteiger partial charge < -0.3 is 15.8 Å². The number of hydrogen-bond donors (Lipinski definition) is 2. The van der Waals surface area contributed by atoms with E-state index in [-0.39, 0.29) is 6.04 Å². The van der Waals surface area contributed by atoms with E-state index in [4.69, 9.17) is 10.5 Å². The molecule has 0 spiro atoms. The highest BCUT2D eigenvalue weighted by atomic mass is 16.5. The van der Waals surface area contributed by atoms with E-state index >= 15 is 0 Å². The van der Waals surface area contributed by atoms with Gasteiger partial charge in [0.25, 0.3) is 0 Å². The number of anilines is 2. The van der Waals surface area contributed by atoms with Gasteiger partial charge in [-0.3, -0.25) is 0 Å². The van der Waals surface area contributed by atoms with Crippen molar-refractivity contribution >= 4 is 17.3 Å². The van der Waals surface area contributed by atoms with Crippen molar-refractivity contribution in [1.29, 1.82) is 0 Å². The lowest BCUT2D eigenvalue weighted by atomic mass is 10.1. The van der Waals surface area contributed by atoms with E-state index in [9.17, 15) is 4.79 Å². The minimum absolute atomic E-state index is 0.0318. The van der Waals surface area contributed by atoms with Crippen LogP contribution in [0.2, 0.25) is 0 Å². The fourth-order valence-corrected chi connectivity index (χ4v) is 2.05. The summed E-state index contributed by atoms with van der Waals surface area (Å²) in [7, 11) is 1.36. The van der Waals surface area contributed by atoms with Crippen LogP contribution in [0.4, 0.5) is 11.4 Å². The van der Waals surface area contributed by atoms with Gasteiger partial charge in [-0.05, 0) is 24.6 Å². The smallest absolute Gasteiger partial charge is 0.340 e. The topological polar surface area (TPSA) is 64.3 Å². The first-order valence-electron chi connectivity index (χ1n) is 6.41. The molecule has 0 aliphatic rings. The number of esters is 1. The Morgan fingerprint density at radius 3 is 2.50 bits per heavy atom. The molecule has 4 heteroatoms. The van der Waals surface area contributed by atoms with Crippen LogP contribution < -0.4 is 11.1 Å². The normalized spacial score (nSPS) is 11.7. The fourth-order valence-electron chi connectivity index (χ4n) is 2.05. The van der Waals surface area contributed by atoms with E-state index in [1.807, 2.05) is 37.3 Å². The molecule has 104 valence electrons. The second kappa shape index (κ2) is 6.10. The molecule has 1 unspecified atom stereocenters. The highest BCUT2D eigenvalue weighted by molar-refractivity contribution is 5.98. The van der Waals surface area contributed by atoms with E-state index < -0.39 is 5.97 Å². The fraction of sp³-hybridized carbons (Fsp3) is 0.188. The van der Waals surface area contributed by atoms with Gasteiger partial charge in [-0.1, -0.05) is 36.4 Å². The highest BCUT2D eigenvalue weighted by Gasteiger charge is 2.16. The highest BCUT2D eigenvalue weighted by Crippen LogP contribution is 2.28. The van der Waals surface area contributed by atoms with E-state index in [2.05, 4.69) is 5.32 Å². The average molecular weight is 270 g/mol. The summed E-state index contributed by atoms with van der Waals surface area (Å²) in [4.78, 5) is 11.8. The third-order valence-corrected chi connectivity index (χ3v) is 3.16. The van der Waals surface area contributed by atoms with Crippen molar-refractivity contribution in [3.8, 4) is 0 Å². The Morgan fingerprint density at radius 2 is 1.85 bits per heavy atom. The molecule has 0 saturated carbocycles. The lowest BCUT2D eigenvalue weighted by Crippen LogP contribution is -2.13. The molecule has 2 aromatic carbocycles. The van der Waals surface area contributed by atoms with Gasteiger partial charge in [0.15, 0.2) is 0 Å². The molecular weight excluding hydrogens is 252 g/mol. The van der Waals surface area contributed by atoms with Crippen LogP contribution in [0.25, 0.3) is 0 Å². The number of rotatable bonds is 4. The Labute approximate surface area is 118 Å². The second-order valence-electron chi connectivity index (χ2n) is 4.54. The van der Waals surface area contributed by atoms with Gasteiger partial charge in [-0.15, -0.1) is 0 Å². The monoisotopic (exact) mass is 270 g/mol. The summed E-state index contributed by atoms with van der Waals surface area (Å²) in [6.45, 7) is 2.02. The number of methoxy groups -OCH3 is 1. The molecular formula is C16H18N2O2. The number of nitrogens with two attached hydrogens (primary N) is 1. The number of nitrogen functional groups attached to an aromatic ring is 1. The second-order valence-corrected chi connectivity index (χ2v) is 4.54. The number of hydrogen-bond acceptors (Lipinski definition) is 4. The summed E-state index contributed by atoms with van der Waals surface area (Å²) in [5.41, 5.74) is 8.66. The number of carbonyl (C=O) groups is 1. The van der Waals surface area contributed by atoms with Crippen molar-refractivity contribution in [2.75, 3.05) is 18.2 Å². The first kappa shape index (κ1) is 13.9. The minimum Gasteiger partial charge on any atom is -0.465 e. The summed E-state index contributed by atoms with van der Waals surface area (Å²) in [6, 6.07) is 15.2. The number of carbonyl (C=O) groups excluding carboxylic acids is 1. The molecule has 1 atom stereocenters. The maximum atomic E-state index is 11.8. The predicted octanol–water partition coefficient (Wildman–Crippen LogP) is 3.23. The predicted molar refractivity (Wildman–Crippen MR) is 80.7 cm³/mol. The lowest BCUT2D eigenvalue weighted by molar-refractivity contribution is 0.0602. The molecule has 3 N–H and O–H groups in total. The summed E-state index contributed by atoms with van der Waals surface area (Å²) < 4.78 is 4.78. The quantitative estimate of drug-likeness (QED) is 0.661. The van der Waals surface area contributed by atoms with Gasteiger partial charge in [0.2, 0.25) is 0 Å². The zero-order valence-electron chi connectivity index (χ0n) is 11.6. The van der Waals surface area contributed by atoms with Crippen LogP contribution in [0.1, 0.15) is 28.9 Å². The molecule has 4 nitrogen and oxygen atoms in total. The van der Waals surface area contributed by atoms with Crippen LogP contribution in [-0.4, -0.2) is 13.1 Å². The molecule has 20 heavy (non-hydrogen) atoms. The molecule has 0 aliphatic carbocycles. The molecule has 0 heterocycles. The van der Waals surface area contributed by atoms with Crippen LogP contribution in [0, 0.1) is 0 Å². The first-order valence-corrected chi connectivity index (χ1v) is 6.41. The summed E-state index contributed by atoms with van der Waals surface area (Å²) in [6.07, 6.45) is 0. The van der Waals surface area contributed by atoms with Crippen molar-refractivity contribution in [3.63, 3.8) is 0 Å². The maximum Gasteiger partial charge on any atom is 0.340 e. The zero-order chi connectivity index (χ0) is 14.5. The van der Waals surface area contributed by atoms with Gasteiger partial charge >= 0.3 is 5.97 Å². The summed E-state index contributed by atoms with van der Waals surface area (Å²) in [5, 5.41) is 3.28. The van der Waals surface area contributed by atoms with Crippen LogP contribution in [0.3, 0.4) is 0 Å². The molecule has 0 radical (unpaired) electrons. The summed E-state index contributed by atoms with van der Waals surface area (Å²) in [5.74, 6) is -0.403. The van der Waals surface area contributed by atoms with Gasteiger partial charge in [0.05, 0.1) is 24.0 Å². The van der Waals surface area contributed by atoms with Crippen LogP contribution in [0.15, 0.2) is 48.5 Å². The van der Waals surface area contributed by atoms with Gasteiger partial charge in [-0.25, -0.2) is 4.79 Å². The zero-order valence-corrected chi connectivity index (χ0v) is 11.6. The lowest BCUT2D eigenvalue weighted by Gasteiger charge is -2.19. The third-order valence-electron chi connectivity index (χ3n) is 3.16. The van der Waals surface area contributed by atoms with Crippen molar-refractivity contribution in [3.05, 3.63) is 59.7 Å². The Kier molecular flexibility index (Phi) is 4.25. The standard InChI is InChI=1S/C16H18N2O2/c1-11(12-7-4-3-5-8-12)18-15-13(16(19)20-2)9-6-10-14(15)17/h3-11,18H,17H2,1-2H3. The Balaban J connectivity index is 2.31. The van der Waals surface area contributed by atoms with E-state index in [1.54, 1.807) is 18.2 Å². The van der Waals surface area contributed by atoms with Crippen molar-refractivity contribution in [2.24, 2.45) is 0 Å². The molecule has 0 amide bonds. The van der Waals surface area contributed by atoms with E-state index in [1.165, 1.54) is 7.11 Å². The Bertz CT molecular complexity index is 597. The van der Waals surface area contributed by atoms with Crippen molar-refractivity contribution in [1.82, 2.24) is 0 Å². The molecule has 0 bridgehead atoms. The SMILES string of the molecule is COC(=O)c1cccc(N)c1NC(C)c1ccccc1. The van der Waals surface area contributed by atoms with Crippen LogP contribution in [-0.2, 0) is 4.74 Å². The Morgan fingerprint density at radius 1 is 1.15 bits per heavy atom. The number of nitrogens with one attached hydrogen (secondary N) is 1. The number of ether oxygens (including phenoxy) is 1. The van der Waals surface area contributed by atoms with Crippen LogP contribution >= 0.6 is 0 Å². The molecule has 0 fully saturated rings. The van der Waals surface area contributed by atoms with Crippen LogP contribution in [0.5, 0.6) is 0 Å². The van der Waals surface area contributed by atoms with Gasteiger partial charge in [0, 0.05) is 6.04 Å². The molecule has 0 saturated heterocycles. The van der Waals surface area contributed by atoms with E-state index in [0.717, 1.165) is 5.56 Å². The maximum absolute atomic E-state index is 11.8. The van der Waals surface area contributed by atoms with Crippen molar-refractivity contribution in [2.45, 2.75) is 13.0 Å². The molecule has 2 rings (SSSR count). The third kappa shape index (κ3) is 2.91. The minimum atomic E-state index is -0.403. The first-order chi connectivity index (χ1) is 9.63. The van der Waals surface area contributed by atoms with E-state index in [0.29, 0.717) is 16.9 Å². The largest absolute Gasteiger partial charge is 0.465 e. The molecule has 0 aliphatic heterocycles. The molecule has 0 aromatic heterocycles. The summed E-state index contributed by atoms with van der Waals surface area (Å²) >= 11 is 0.